The number of amides is 3. The zero-order chi connectivity index (χ0) is 20.9. The standard InChI is InChI=1S/C22H23N5O2S/c1-16-6-5-7-17(14-16)23-21(29)25-22-24-19(15-30-22)20(28)27-12-10-26(11-13-27)18-8-3-2-4-9-18/h2-9,14-15H,10-13H2,1H3,(H2,23,24,25,29). The van der Waals surface area contributed by atoms with Crippen molar-refractivity contribution in [2.24, 2.45) is 0 Å². The van der Waals surface area contributed by atoms with Crippen LogP contribution in [-0.4, -0.2) is 48.0 Å². The van der Waals surface area contributed by atoms with Gasteiger partial charge in [-0.2, -0.15) is 0 Å². The molecule has 7 nitrogen and oxygen atoms in total. The number of anilines is 3. The van der Waals surface area contributed by atoms with Crippen LogP contribution in [0.3, 0.4) is 0 Å². The molecule has 4 rings (SSSR count). The lowest BCUT2D eigenvalue weighted by Crippen LogP contribution is -2.48. The Morgan fingerprint density at radius 2 is 1.73 bits per heavy atom. The Balaban J connectivity index is 1.31. The van der Waals surface area contributed by atoms with Crippen molar-refractivity contribution in [3.05, 3.63) is 71.2 Å². The summed E-state index contributed by atoms with van der Waals surface area (Å²) < 4.78 is 0. The fraction of sp³-hybridized carbons (Fsp3) is 0.227. The van der Waals surface area contributed by atoms with E-state index < -0.39 is 0 Å². The molecule has 30 heavy (non-hydrogen) atoms. The highest BCUT2D eigenvalue weighted by atomic mass is 32.1. The Morgan fingerprint density at radius 1 is 0.967 bits per heavy atom. The van der Waals surface area contributed by atoms with Crippen molar-refractivity contribution in [1.29, 1.82) is 0 Å². The van der Waals surface area contributed by atoms with Crippen molar-refractivity contribution in [2.75, 3.05) is 41.7 Å². The Bertz CT molecular complexity index is 1030. The lowest BCUT2D eigenvalue weighted by atomic mass is 10.2. The molecular weight excluding hydrogens is 398 g/mol. The maximum atomic E-state index is 12.8. The molecule has 2 heterocycles. The van der Waals surface area contributed by atoms with Gasteiger partial charge in [0, 0.05) is 42.9 Å². The van der Waals surface area contributed by atoms with E-state index in [-0.39, 0.29) is 11.9 Å². The van der Waals surface area contributed by atoms with E-state index in [0.29, 0.717) is 29.6 Å². The summed E-state index contributed by atoms with van der Waals surface area (Å²) in [5.74, 6) is -0.105. The van der Waals surface area contributed by atoms with Crippen molar-refractivity contribution >= 4 is 39.8 Å². The van der Waals surface area contributed by atoms with E-state index in [4.69, 9.17) is 0 Å². The summed E-state index contributed by atoms with van der Waals surface area (Å²) in [5, 5.41) is 7.55. The maximum Gasteiger partial charge on any atom is 0.325 e. The SMILES string of the molecule is Cc1cccc(NC(=O)Nc2nc(C(=O)N3CCN(c4ccccc4)CC3)cs2)c1. The van der Waals surface area contributed by atoms with Gasteiger partial charge in [-0.15, -0.1) is 11.3 Å². The first-order valence-corrected chi connectivity index (χ1v) is 10.7. The van der Waals surface area contributed by atoms with Crippen molar-refractivity contribution < 1.29 is 9.59 Å². The quantitative estimate of drug-likeness (QED) is 0.666. The van der Waals surface area contributed by atoms with E-state index in [1.165, 1.54) is 17.0 Å². The number of thiazole rings is 1. The first-order valence-electron chi connectivity index (χ1n) is 9.78. The molecule has 1 aliphatic rings. The van der Waals surface area contributed by atoms with Crippen LogP contribution in [-0.2, 0) is 0 Å². The van der Waals surface area contributed by atoms with Gasteiger partial charge in [0.05, 0.1) is 0 Å². The first-order chi connectivity index (χ1) is 14.6. The van der Waals surface area contributed by atoms with E-state index >= 15 is 0 Å². The van der Waals surface area contributed by atoms with Gasteiger partial charge in [0.25, 0.3) is 5.91 Å². The van der Waals surface area contributed by atoms with Crippen LogP contribution in [0.25, 0.3) is 0 Å². The molecule has 1 aromatic heterocycles. The largest absolute Gasteiger partial charge is 0.368 e. The van der Waals surface area contributed by atoms with Crippen molar-refractivity contribution in [3.63, 3.8) is 0 Å². The Morgan fingerprint density at radius 3 is 2.47 bits per heavy atom. The van der Waals surface area contributed by atoms with Crippen LogP contribution in [0.15, 0.2) is 60.0 Å². The topological polar surface area (TPSA) is 77.6 Å². The zero-order valence-corrected chi connectivity index (χ0v) is 17.5. The third kappa shape index (κ3) is 4.77. The van der Waals surface area contributed by atoms with Crippen molar-refractivity contribution in [1.82, 2.24) is 9.88 Å². The number of benzene rings is 2. The molecule has 1 fully saturated rings. The minimum absolute atomic E-state index is 0.105. The Kier molecular flexibility index (Phi) is 5.94. The number of hydrogen-bond donors (Lipinski definition) is 2. The van der Waals surface area contributed by atoms with Crippen molar-refractivity contribution in [3.8, 4) is 0 Å². The third-order valence-electron chi connectivity index (χ3n) is 4.91. The van der Waals surface area contributed by atoms with Gasteiger partial charge in [-0.05, 0) is 36.8 Å². The number of carbonyl (C=O) groups is 2. The van der Waals surface area contributed by atoms with Crippen LogP contribution in [0.5, 0.6) is 0 Å². The molecule has 8 heteroatoms. The molecule has 0 unspecified atom stereocenters. The summed E-state index contributed by atoms with van der Waals surface area (Å²) >= 11 is 1.24. The zero-order valence-electron chi connectivity index (χ0n) is 16.7. The first kappa shape index (κ1) is 19.9. The van der Waals surface area contributed by atoms with Gasteiger partial charge in [-0.3, -0.25) is 10.1 Å². The van der Waals surface area contributed by atoms with Gasteiger partial charge in [-0.1, -0.05) is 30.3 Å². The Hall–Kier alpha value is -3.39. The molecule has 0 spiro atoms. The van der Waals surface area contributed by atoms with E-state index in [2.05, 4.69) is 32.7 Å². The summed E-state index contributed by atoms with van der Waals surface area (Å²) in [5.41, 5.74) is 3.29. The van der Waals surface area contributed by atoms with Gasteiger partial charge in [0.1, 0.15) is 5.69 Å². The Labute approximate surface area is 179 Å². The number of aromatic nitrogens is 1. The van der Waals surface area contributed by atoms with Crippen molar-refractivity contribution in [2.45, 2.75) is 6.92 Å². The average molecular weight is 422 g/mol. The molecule has 2 N–H and O–H groups in total. The molecule has 0 atom stereocenters. The number of aryl methyl sites for hydroxylation is 1. The van der Waals surface area contributed by atoms with Crippen LogP contribution in [0.4, 0.5) is 21.3 Å². The number of nitrogens with one attached hydrogen (secondary N) is 2. The van der Waals surface area contributed by atoms with Gasteiger partial charge in [0.15, 0.2) is 5.13 Å². The molecule has 0 radical (unpaired) electrons. The van der Waals surface area contributed by atoms with Crippen LogP contribution in [0.2, 0.25) is 0 Å². The van der Waals surface area contributed by atoms with Crippen LogP contribution in [0, 0.1) is 6.92 Å². The fourth-order valence-corrected chi connectivity index (χ4v) is 4.06. The normalized spacial score (nSPS) is 13.8. The molecule has 1 saturated heterocycles. The molecule has 3 aromatic rings. The number of hydrogen-bond acceptors (Lipinski definition) is 5. The molecule has 1 aliphatic heterocycles. The number of piperazine rings is 1. The summed E-state index contributed by atoms with van der Waals surface area (Å²) in [6.07, 6.45) is 0. The van der Waals surface area contributed by atoms with Crippen LogP contribution >= 0.6 is 11.3 Å². The minimum Gasteiger partial charge on any atom is -0.368 e. The number of urea groups is 1. The second-order valence-electron chi connectivity index (χ2n) is 7.10. The van der Waals surface area contributed by atoms with Gasteiger partial charge in [0.2, 0.25) is 0 Å². The van der Waals surface area contributed by atoms with Gasteiger partial charge < -0.3 is 15.1 Å². The maximum absolute atomic E-state index is 12.8. The monoisotopic (exact) mass is 421 g/mol. The molecular formula is C22H23N5O2S. The molecule has 3 amide bonds. The highest BCUT2D eigenvalue weighted by molar-refractivity contribution is 7.14. The van der Waals surface area contributed by atoms with E-state index in [9.17, 15) is 9.59 Å². The lowest BCUT2D eigenvalue weighted by Gasteiger charge is -2.35. The second-order valence-corrected chi connectivity index (χ2v) is 7.96. The molecule has 0 saturated carbocycles. The molecule has 0 aliphatic carbocycles. The third-order valence-corrected chi connectivity index (χ3v) is 5.67. The average Bonchev–Trinajstić information content (AvgIpc) is 3.22. The number of carbonyl (C=O) groups excluding carboxylic acids is 2. The second kappa shape index (κ2) is 8.96. The number of rotatable bonds is 4. The summed E-state index contributed by atoms with van der Waals surface area (Å²) in [6.45, 7) is 4.80. The van der Waals surface area contributed by atoms with Gasteiger partial charge >= 0.3 is 6.03 Å². The van der Waals surface area contributed by atoms with E-state index in [0.717, 1.165) is 18.7 Å². The van der Waals surface area contributed by atoms with Crippen LogP contribution < -0.4 is 15.5 Å². The fourth-order valence-electron chi connectivity index (χ4n) is 3.38. The molecule has 154 valence electrons. The lowest BCUT2D eigenvalue weighted by molar-refractivity contribution is 0.0741. The highest BCUT2D eigenvalue weighted by Crippen LogP contribution is 2.20. The summed E-state index contributed by atoms with van der Waals surface area (Å²) in [6, 6.07) is 17.4. The van der Waals surface area contributed by atoms with Crippen LogP contribution in [0.1, 0.15) is 16.1 Å². The molecule has 0 bridgehead atoms. The predicted molar refractivity (Wildman–Crippen MR) is 120 cm³/mol. The number of nitrogens with zero attached hydrogens (tertiary/aromatic N) is 3. The minimum atomic E-state index is -0.384. The number of para-hydroxylation sites is 1. The summed E-state index contributed by atoms with van der Waals surface area (Å²) in [7, 11) is 0. The molecule has 2 aromatic carbocycles. The smallest absolute Gasteiger partial charge is 0.325 e. The van der Waals surface area contributed by atoms with E-state index in [1.807, 2.05) is 54.3 Å². The highest BCUT2D eigenvalue weighted by Gasteiger charge is 2.24. The predicted octanol–water partition coefficient (Wildman–Crippen LogP) is 4.06. The van der Waals surface area contributed by atoms with Gasteiger partial charge in [-0.25, -0.2) is 9.78 Å². The summed E-state index contributed by atoms with van der Waals surface area (Å²) in [4.78, 5) is 33.4. The van der Waals surface area contributed by atoms with E-state index in [1.54, 1.807) is 5.38 Å².